The van der Waals surface area contributed by atoms with Crippen molar-refractivity contribution >= 4 is 0 Å². The molecule has 1 atom stereocenters. The maximum absolute atomic E-state index is 3.94. The first-order valence-electron chi connectivity index (χ1n) is 3.43. The van der Waals surface area contributed by atoms with Crippen molar-refractivity contribution in [3.8, 4) is 0 Å². The maximum atomic E-state index is 3.94. The molecule has 0 amide bonds. The Bertz CT molecular complexity index is 109. The summed E-state index contributed by atoms with van der Waals surface area (Å²) < 4.78 is 0. The van der Waals surface area contributed by atoms with Gasteiger partial charge < -0.3 is 5.32 Å². The lowest BCUT2D eigenvalue weighted by atomic mass is 10.1. The second kappa shape index (κ2) is 2.99. The molecule has 2 heteroatoms. The van der Waals surface area contributed by atoms with Gasteiger partial charge in [0.2, 0.25) is 0 Å². The zero-order chi connectivity index (χ0) is 6.69. The molecule has 0 spiro atoms. The first-order chi connectivity index (χ1) is 4.34. The van der Waals surface area contributed by atoms with Gasteiger partial charge in [0.05, 0.1) is 6.17 Å². The molecule has 0 radical (unpaired) electrons. The van der Waals surface area contributed by atoms with E-state index < -0.39 is 0 Å². The van der Waals surface area contributed by atoms with Crippen LogP contribution in [0.2, 0.25) is 0 Å². The van der Waals surface area contributed by atoms with Crippen molar-refractivity contribution in [1.29, 1.82) is 0 Å². The topological polar surface area (TPSA) is 24.1 Å². The second-order valence-electron chi connectivity index (χ2n) is 2.44. The molecule has 1 unspecified atom stereocenters. The Morgan fingerprint density at radius 1 is 1.78 bits per heavy atom. The SMILES string of the molecule is C=C1CCCNC1NC. The van der Waals surface area contributed by atoms with E-state index in [0.717, 1.165) is 6.54 Å². The highest BCUT2D eigenvalue weighted by molar-refractivity contribution is 5.06. The first kappa shape index (κ1) is 6.78. The molecule has 2 nitrogen and oxygen atoms in total. The van der Waals surface area contributed by atoms with Crippen LogP contribution in [0.1, 0.15) is 12.8 Å². The van der Waals surface area contributed by atoms with Crippen molar-refractivity contribution in [2.24, 2.45) is 0 Å². The zero-order valence-corrected chi connectivity index (χ0v) is 5.91. The van der Waals surface area contributed by atoms with Gasteiger partial charge in [-0.25, -0.2) is 0 Å². The summed E-state index contributed by atoms with van der Waals surface area (Å²) in [6, 6.07) is 0. The fraction of sp³-hybridized carbons (Fsp3) is 0.714. The van der Waals surface area contributed by atoms with Crippen molar-refractivity contribution < 1.29 is 0 Å². The van der Waals surface area contributed by atoms with Crippen LogP contribution in [0, 0.1) is 0 Å². The highest BCUT2D eigenvalue weighted by Gasteiger charge is 2.12. The Hall–Kier alpha value is -0.340. The molecule has 2 N–H and O–H groups in total. The number of rotatable bonds is 1. The predicted octanol–water partition coefficient (Wildman–Crippen LogP) is 0.471. The van der Waals surface area contributed by atoms with Crippen molar-refractivity contribution in [2.45, 2.75) is 19.0 Å². The lowest BCUT2D eigenvalue weighted by Crippen LogP contribution is -2.44. The summed E-state index contributed by atoms with van der Waals surface area (Å²) in [7, 11) is 1.95. The minimum Gasteiger partial charge on any atom is -0.301 e. The van der Waals surface area contributed by atoms with Crippen LogP contribution in [-0.4, -0.2) is 19.8 Å². The zero-order valence-electron chi connectivity index (χ0n) is 5.91. The fourth-order valence-electron chi connectivity index (χ4n) is 1.16. The summed E-state index contributed by atoms with van der Waals surface area (Å²) in [6.45, 7) is 5.06. The summed E-state index contributed by atoms with van der Waals surface area (Å²) >= 11 is 0. The molecule has 0 aromatic heterocycles. The van der Waals surface area contributed by atoms with Crippen molar-refractivity contribution in [2.75, 3.05) is 13.6 Å². The van der Waals surface area contributed by atoms with Gasteiger partial charge >= 0.3 is 0 Å². The monoisotopic (exact) mass is 126 g/mol. The average Bonchev–Trinajstić information content (AvgIpc) is 1.89. The van der Waals surface area contributed by atoms with Crippen molar-refractivity contribution in [3.05, 3.63) is 12.2 Å². The van der Waals surface area contributed by atoms with Gasteiger partial charge in [-0.1, -0.05) is 6.58 Å². The molecule has 0 aromatic rings. The third-order valence-electron chi connectivity index (χ3n) is 1.72. The van der Waals surface area contributed by atoms with E-state index in [0.29, 0.717) is 6.17 Å². The van der Waals surface area contributed by atoms with Gasteiger partial charge in [-0.05, 0) is 32.0 Å². The maximum Gasteiger partial charge on any atom is 0.0789 e. The average molecular weight is 126 g/mol. The lowest BCUT2D eigenvalue weighted by molar-refractivity contribution is 0.448. The standard InChI is InChI=1S/C7H14N2/c1-6-4-3-5-9-7(6)8-2/h7-9H,1,3-5H2,2H3. The molecule has 9 heavy (non-hydrogen) atoms. The number of piperidine rings is 1. The van der Waals surface area contributed by atoms with Crippen molar-refractivity contribution in [1.82, 2.24) is 10.6 Å². The third kappa shape index (κ3) is 1.53. The Kier molecular flexibility index (Phi) is 2.25. The number of hydrogen-bond acceptors (Lipinski definition) is 2. The predicted molar refractivity (Wildman–Crippen MR) is 39.2 cm³/mol. The van der Waals surface area contributed by atoms with Gasteiger partial charge in [-0.2, -0.15) is 0 Å². The van der Waals surface area contributed by atoms with Crippen LogP contribution in [0.25, 0.3) is 0 Å². The summed E-state index contributed by atoms with van der Waals surface area (Å²) in [6.07, 6.45) is 2.76. The van der Waals surface area contributed by atoms with E-state index in [1.165, 1.54) is 18.4 Å². The van der Waals surface area contributed by atoms with Crippen LogP contribution in [0.5, 0.6) is 0 Å². The largest absolute Gasteiger partial charge is 0.301 e. The van der Waals surface area contributed by atoms with E-state index in [1.807, 2.05) is 7.05 Å². The van der Waals surface area contributed by atoms with Gasteiger partial charge in [-0.15, -0.1) is 0 Å². The van der Waals surface area contributed by atoms with E-state index >= 15 is 0 Å². The summed E-state index contributed by atoms with van der Waals surface area (Å²) in [5, 5.41) is 6.45. The van der Waals surface area contributed by atoms with Crippen LogP contribution in [0.4, 0.5) is 0 Å². The molecule has 0 bridgehead atoms. The molecule has 1 aliphatic heterocycles. The van der Waals surface area contributed by atoms with E-state index in [-0.39, 0.29) is 0 Å². The minimum atomic E-state index is 0.360. The smallest absolute Gasteiger partial charge is 0.0789 e. The Balaban J connectivity index is 2.39. The molecule has 52 valence electrons. The molecular formula is C7H14N2. The van der Waals surface area contributed by atoms with Crippen LogP contribution in [0.15, 0.2) is 12.2 Å². The van der Waals surface area contributed by atoms with E-state index in [9.17, 15) is 0 Å². The van der Waals surface area contributed by atoms with Crippen LogP contribution >= 0.6 is 0 Å². The van der Waals surface area contributed by atoms with Crippen LogP contribution in [-0.2, 0) is 0 Å². The molecule has 1 fully saturated rings. The first-order valence-corrected chi connectivity index (χ1v) is 3.43. The van der Waals surface area contributed by atoms with Crippen LogP contribution in [0.3, 0.4) is 0 Å². The summed E-state index contributed by atoms with van der Waals surface area (Å²) in [5.74, 6) is 0. The molecule has 1 aliphatic rings. The van der Waals surface area contributed by atoms with Gasteiger partial charge in [-0.3, -0.25) is 5.32 Å². The highest BCUT2D eigenvalue weighted by atomic mass is 15.1. The highest BCUT2D eigenvalue weighted by Crippen LogP contribution is 2.09. The fourth-order valence-corrected chi connectivity index (χ4v) is 1.16. The molecule has 0 saturated carbocycles. The molecular weight excluding hydrogens is 112 g/mol. The van der Waals surface area contributed by atoms with Gasteiger partial charge in [0.25, 0.3) is 0 Å². The van der Waals surface area contributed by atoms with Gasteiger partial charge in [0.1, 0.15) is 0 Å². The number of nitrogens with one attached hydrogen (secondary N) is 2. The van der Waals surface area contributed by atoms with Gasteiger partial charge in [0, 0.05) is 0 Å². The Labute approximate surface area is 56.3 Å². The molecule has 1 heterocycles. The number of hydrogen-bond donors (Lipinski definition) is 2. The second-order valence-corrected chi connectivity index (χ2v) is 2.44. The normalized spacial score (nSPS) is 28.6. The Morgan fingerprint density at radius 3 is 3.00 bits per heavy atom. The quantitative estimate of drug-likeness (QED) is 0.499. The summed E-state index contributed by atoms with van der Waals surface area (Å²) in [5.41, 5.74) is 1.28. The summed E-state index contributed by atoms with van der Waals surface area (Å²) in [4.78, 5) is 0. The third-order valence-corrected chi connectivity index (χ3v) is 1.72. The van der Waals surface area contributed by atoms with E-state index in [4.69, 9.17) is 0 Å². The minimum absolute atomic E-state index is 0.360. The van der Waals surface area contributed by atoms with Crippen LogP contribution < -0.4 is 10.6 Å². The molecule has 1 rings (SSSR count). The number of likely N-dealkylation sites (N-methyl/N-ethyl adjacent to an activating group) is 1. The van der Waals surface area contributed by atoms with Crippen molar-refractivity contribution in [3.63, 3.8) is 0 Å². The molecule has 0 aromatic carbocycles. The molecule has 0 aliphatic carbocycles. The Morgan fingerprint density at radius 2 is 2.56 bits per heavy atom. The van der Waals surface area contributed by atoms with Gasteiger partial charge in [0.15, 0.2) is 0 Å². The van der Waals surface area contributed by atoms with E-state index in [2.05, 4.69) is 17.2 Å². The lowest BCUT2D eigenvalue weighted by Gasteiger charge is -2.25. The molecule has 1 saturated heterocycles. The van der Waals surface area contributed by atoms with E-state index in [1.54, 1.807) is 0 Å².